The van der Waals surface area contributed by atoms with Crippen LogP contribution < -0.4 is 15.0 Å². The van der Waals surface area contributed by atoms with Crippen molar-refractivity contribution in [2.75, 3.05) is 23.9 Å². The first-order valence-electron chi connectivity index (χ1n) is 8.38. The number of aromatic nitrogens is 2. The third kappa shape index (κ3) is 3.09. The zero-order valence-electron chi connectivity index (χ0n) is 14.3. The van der Waals surface area contributed by atoms with Crippen LogP contribution >= 0.6 is 0 Å². The number of ether oxygens (including phenoxy) is 1. The van der Waals surface area contributed by atoms with Crippen molar-refractivity contribution in [3.05, 3.63) is 72.1 Å². The SMILES string of the molecule is COc1ccc(NC(=O)c2ccnc(N3CCc4ccccc43)n2)cc1. The van der Waals surface area contributed by atoms with E-state index in [0.29, 0.717) is 17.3 Å². The minimum Gasteiger partial charge on any atom is -0.497 e. The van der Waals surface area contributed by atoms with Gasteiger partial charge in [0.25, 0.3) is 5.91 Å². The highest BCUT2D eigenvalue weighted by molar-refractivity contribution is 6.03. The summed E-state index contributed by atoms with van der Waals surface area (Å²) < 4.78 is 5.12. The van der Waals surface area contributed by atoms with Gasteiger partial charge in [0.05, 0.1) is 7.11 Å². The maximum absolute atomic E-state index is 12.5. The van der Waals surface area contributed by atoms with Crippen LogP contribution in [0.15, 0.2) is 60.8 Å². The Morgan fingerprint density at radius 1 is 1.12 bits per heavy atom. The maximum Gasteiger partial charge on any atom is 0.274 e. The lowest BCUT2D eigenvalue weighted by Gasteiger charge is -2.17. The summed E-state index contributed by atoms with van der Waals surface area (Å²) in [6.45, 7) is 0.808. The Labute approximate surface area is 151 Å². The van der Waals surface area contributed by atoms with E-state index in [4.69, 9.17) is 4.74 Å². The molecule has 2 heterocycles. The molecule has 0 spiro atoms. The van der Waals surface area contributed by atoms with E-state index in [1.807, 2.05) is 17.0 Å². The standard InChI is InChI=1S/C20H18N4O2/c1-26-16-8-6-15(7-9-16)22-19(25)17-10-12-21-20(23-17)24-13-11-14-4-2-3-5-18(14)24/h2-10,12H,11,13H2,1H3,(H,22,25). The van der Waals surface area contributed by atoms with Gasteiger partial charge in [-0.3, -0.25) is 4.79 Å². The van der Waals surface area contributed by atoms with Gasteiger partial charge in [0.2, 0.25) is 5.95 Å². The number of nitrogens with one attached hydrogen (secondary N) is 1. The summed E-state index contributed by atoms with van der Waals surface area (Å²) in [5, 5.41) is 2.84. The number of amides is 1. The third-order valence-corrected chi connectivity index (χ3v) is 4.35. The number of methoxy groups -OCH3 is 1. The molecule has 0 saturated carbocycles. The van der Waals surface area contributed by atoms with Gasteiger partial charge < -0.3 is 15.0 Å². The van der Waals surface area contributed by atoms with Gasteiger partial charge in [-0.1, -0.05) is 18.2 Å². The number of hydrogen-bond donors (Lipinski definition) is 1. The van der Waals surface area contributed by atoms with Crippen LogP contribution in [0.2, 0.25) is 0 Å². The Balaban J connectivity index is 1.55. The molecule has 26 heavy (non-hydrogen) atoms. The summed E-state index contributed by atoms with van der Waals surface area (Å²) in [7, 11) is 1.60. The first-order valence-corrected chi connectivity index (χ1v) is 8.38. The summed E-state index contributed by atoms with van der Waals surface area (Å²) in [6.07, 6.45) is 2.56. The summed E-state index contributed by atoms with van der Waals surface area (Å²) in [5.41, 5.74) is 3.38. The smallest absolute Gasteiger partial charge is 0.274 e. The van der Waals surface area contributed by atoms with Crippen molar-refractivity contribution in [1.82, 2.24) is 9.97 Å². The number of carbonyl (C=O) groups is 1. The van der Waals surface area contributed by atoms with Crippen LogP contribution in [0.4, 0.5) is 17.3 Å². The van der Waals surface area contributed by atoms with Gasteiger partial charge in [-0.25, -0.2) is 9.97 Å². The molecule has 2 aromatic carbocycles. The summed E-state index contributed by atoms with van der Waals surface area (Å²) in [5.74, 6) is 1.00. The molecular weight excluding hydrogens is 328 g/mol. The molecule has 1 N–H and O–H groups in total. The van der Waals surface area contributed by atoms with Crippen LogP contribution in [0.25, 0.3) is 0 Å². The summed E-state index contributed by atoms with van der Waals surface area (Å²) >= 11 is 0. The fourth-order valence-corrected chi connectivity index (χ4v) is 3.02. The second kappa shape index (κ2) is 6.84. The Kier molecular flexibility index (Phi) is 4.23. The normalized spacial score (nSPS) is 12.6. The summed E-state index contributed by atoms with van der Waals surface area (Å²) in [6, 6.07) is 17.0. The minimum absolute atomic E-state index is 0.272. The predicted octanol–water partition coefficient (Wildman–Crippen LogP) is 3.43. The van der Waals surface area contributed by atoms with Crippen molar-refractivity contribution in [2.24, 2.45) is 0 Å². The maximum atomic E-state index is 12.5. The van der Waals surface area contributed by atoms with Crippen LogP contribution in [-0.4, -0.2) is 29.5 Å². The molecule has 4 rings (SSSR count). The van der Waals surface area contributed by atoms with Gasteiger partial charge in [-0.15, -0.1) is 0 Å². The van der Waals surface area contributed by atoms with Gasteiger partial charge in [0.1, 0.15) is 11.4 Å². The third-order valence-electron chi connectivity index (χ3n) is 4.35. The topological polar surface area (TPSA) is 67.3 Å². The number of benzene rings is 2. The largest absolute Gasteiger partial charge is 0.497 e. The number of rotatable bonds is 4. The Morgan fingerprint density at radius 3 is 2.73 bits per heavy atom. The number of nitrogens with zero attached hydrogens (tertiary/aromatic N) is 3. The zero-order chi connectivity index (χ0) is 17.9. The van der Waals surface area contributed by atoms with Crippen molar-refractivity contribution in [3.8, 4) is 5.75 Å². The molecule has 0 radical (unpaired) electrons. The van der Waals surface area contributed by atoms with Crippen LogP contribution in [0.1, 0.15) is 16.1 Å². The van der Waals surface area contributed by atoms with Crippen LogP contribution in [0.3, 0.4) is 0 Å². The number of carbonyl (C=O) groups excluding carboxylic acids is 1. The molecule has 6 heteroatoms. The van der Waals surface area contributed by atoms with E-state index in [0.717, 1.165) is 24.4 Å². The highest BCUT2D eigenvalue weighted by Crippen LogP contribution is 2.32. The molecule has 0 atom stereocenters. The molecule has 0 bridgehead atoms. The molecule has 1 aliphatic heterocycles. The molecule has 1 aliphatic rings. The molecule has 1 amide bonds. The van der Waals surface area contributed by atoms with Crippen LogP contribution in [0, 0.1) is 0 Å². The molecule has 0 fully saturated rings. The molecule has 1 aromatic heterocycles. The lowest BCUT2D eigenvalue weighted by atomic mass is 10.2. The van der Waals surface area contributed by atoms with E-state index < -0.39 is 0 Å². The highest BCUT2D eigenvalue weighted by Gasteiger charge is 2.22. The van der Waals surface area contributed by atoms with E-state index in [1.54, 1.807) is 43.6 Å². The fourth-order valence-electron chi connectivity index (χ4n) is 3.02. The monoisotopic (exact) mass is 346 g/mol. The van der Waals surface area contributed by atoms with Crippen molar-refractivity contribution < 1.29 is 9.53 Å². The van der Waals surface area contributed by atoms with Crippen LogP contribution in [0.5, 0.6) is 5.75 Å². The minimum atomic E-state index is -0.272. The molecule has 0 unspecified atom stereocenters. The molecule has 0 aliphatic carbocycles. The quantitative estimate of drug-likeness (QED) is 0.784. The predicted molar refractivity (Wildman–Crippen MR) is 100 cm³/mol. The van der Waals surface area contributed by atoms with Crippen molar-refractivity contribution in [1.29, 1.82) is 0 Å². The van der Waals surface area contributed by atoms with Gasteiger partial charge in [-0.2, -0.15) is 0 Å². The number of hydrogen-bond acceptors (Lipinski definition) is 5. The average molecular weight is 346 g/mol. The highest BCUT2D eigenvalue weighted by atomic mass is 16.5. The molecule has 6 nitrogen and oxygen atoms in total. The van der Waals surface area contributed by atoms with E-state index >= 15 is 0 Å². The van der Waals surface area contributed by atoms with Gasteiger partial charge in [0, 0.05) is 24.1 Å². The van der Waals surface area contributed by atoms with Gasteiger partial charge >= 0.3 is 0 Å². The van der Waals surface area contributed by atoms with Gasteiger partial charge in [0.15, 0.2) is 0 Å². The second-order valence-electron chi connectivity index (χ2n) is 5.95. The Bertz CT molecular complexity index is 941. The average Bonchev–Trinajstić information content (AvgIpc) is 3.13. The molecule has 130 valence electrons. The number of para-hydroxylation sites is 1. The molecular formula is C20H18N4O2. The second-order valence-corrected chi connectivity index (χ2v) is 5.95. The van der Waals surface area contributed by atoms with Crippen molar-refractivity contribution >= 4 is 23.2 Å². The Hall–Kier alpha value is -3.41. The number of fused-ring (bicyclic) bond motifs is 1. The van der Waals surface area contributed by atoms with E-state index in [1.165, 1.54) is 5.56 Å². The number of anilines is 3. The molecule has 3 aromatic rings. The fraction of sp³-hybridized carbons (Fsp3) is 0.150. The van der Waals surface area contributed by atoms with E-state index in [9.17, 15) is 4.79 Å². The lowest BCUT2D eigenvalue weighted by molar-refractivity contribution is 0.102. The lowest BCUT2D eigenvalue weighted by Crippen LogP contribution is -2.20. The first-order chi connectivity index (χ1) is 12.7. The van der Waals surface area contributed by atoms with E-state index in [-0.39, 0.29) is 5.91 Å². The Morgan fingerprint density at radius 2 is 1.92 bits per heavy atom. The van der Waals surface area contributed by atoms with Crippen molar-refractivity contribution in [2.45, 2.75) is 6.42 Å². The van der Waals surface area contributed by atoms with E-state index in [2.05, 4.69) is 27.4 Å². The zero-order valence-corrected chi connectivity index (χ0v) is 14.3. The van der Waals surface area contributed by atoms with Crippen LogP contribution in [-0.2, 0) is 6.42 Å². The molecule has 0 saturated heterocycles. The van der Waals surface area contributed by atoms with Gasteiger partial charge in [-0.05, 0) is 48.4 Å². The summed E-state index contributed by atoms with van der Waals surface area (Å²) in [4.78, 5) is 23.4. The first kappa shape index (κ1) is 16.1. The van der Waals surface area contributed by atoms with Crippen molar-refractivity contribution in [3.63, 3.8) is 0 Å².